The van der Waals surface area contributed by atoms with E-state index >= 15 is 0 Å². The number of hydrogen-bond acceptors (Lipinski definition) is 5. The molecule has 1 unspecified atom stereocenters. The van der Waals surface area contributed by atoms with Crippen LogP contribution in [0.15, 0.2) is 0 Å². The molecule has 4 atom stereocenters. The first-order valence-electron chi connectivity index (χ1n) is 5.86. The van der Waals surface area contributed by atoms with Crippen molar-refractivity contribution < 1.29 is 37.7 Å². The smallest absolute Gasteiger partial charge is 0.394 e. The van der Waals surface area contributed by atoms with E-state index < -0.39 is 55.6 Å². The highest BCUT2D eigenvalue weighted by atomic mass is 19.4. The molecule has 2 aliphatic heterocycles. The van der Waals surface area contributed by atoms with Crippen LogP contribution < -0.4 is 5.32 Å². The molecule has 2 fully saturated rings. The molecule has 0 aliphatic carbocycles. The van der Waals surface area contributed by atoms with E-state index in [0.29, 0.717) is 4.90 Å². The van der Waals surface area contributed by atoms with E-state index in [1.165, 1.54) is 0 Å². The van der Waals surface area contributed by atoms with Gasteiger partial charge in [-0.2, -0.15) is 13.2 Å². The number of rotatable bonds is 2. The first-order valence-corrected chi connectivity index (χ1v) is 5.86. The fraction of sp³-hybridized carbons (Fsp3) is 0.800. The number of imide groups is 1. The molecule has 2 rings (SSSR count). The Hall–Kier alpha value is -1.39. The summed E-state index contributed by atoms with van der Waals surface area (Å²) in [5.74, 6) is -3.75. The van der Waals surface area contributed by atoms with Crippen LogP contribution in [0.5, 0.6) is 0 Å². The zero-order valence-corrected chi connectivity index (χ0v) is 10.1. The summed E-state index contributed by atoms with van der Waals surface area (Å²) in [7, 11) is 0. The standard InChI is InChI=1S/C10H13F3N2O5/c11-10(12,13)4-2-15(9(19)14-8(4)18)7-1-5(17)6(3-16)20-7/h4-7,16-17H,1-3H2,(H,14,18,19)/t4?,5-,6+,7-/m0/s1. The third-order valence-electron chi connectivity index (χ3n) is 3.31. The summed E-state index contributed by atoms with van der Waals surface area (Å²) in [6.45, 7) is -1.39. The third kappa shape index (κ3) is 2.72. The minimum Gasteiger partial charge on any atom is -0.394 e. The number of halogens is 3. The van der Waals surface area contributed by atoms with Gasteiger partial charge in [0, 0.05) is 13.0 Å². The molecule has 114 valence electrons. The van der Waals surface area contributed by atoms with Crippen LogP contribution in [0, 0.1) is 5.92 Å². The van der Waals surface area contributed by atoms with Gasteiger partial charge in [0.15, 0.2) is 5.92 Å². The van der Waals surface area contributed by atoms with Gasteiger partial charge in [-0.3, -0.25) is 15.0 Å². The Labute approximate surface area is 111 Å². The summed E-state index contributed by atoms with van der Waals surface area (Å²) < 4.78 is 43.1. The van der Waals surface area contributed by atoms with Crippen molar-refractivity contribution in [2.45, 2.75) is 31.0 Å². The molecule has 0 spiro atoms. The molecule has 0 radical (unpaired) electrons. The number of ether oxygens (including phenoxy) is 1. The lowest BCUT2D eigenvalue weighted by atomic mass is 10.1. The van der Waals surface area contributed by atoms with Gasteiger partial charge in [-0.05, 0) is 0 Å². The second-order valence-electron chi connectivity index (χ2n) is 4.66. The van der Waals surface area contributed by atoms with Crippen molar-refractivity contribution in [1.82, 2.24) is 10.2 Å². The van der Waals surface area contributed by atoms with E-state index in [2.05, 4.69) is 0 Å². The van der Waals surface area contributed by atoms with Gasteiger partial charge < -0.3 is 14.9 Å². The molecule has 2 saturated heterocycles. The zero-order chi connectivity index (χ0) is 15.1. The van der Waals surface area contributed by atoms with Gasteiger partial charge in [0.25, 0.3) is 0 Å². The van der Waals surface area contributed by atoms with E-state index in [1.807, 2.05) is 0 Å². The Morgan fingerprint density at radius 3 is 2.55 bits per heavy atom. The monoisotopic (exact) mass is 298 g/mol. The average molecular weight is 298 g/mol. The van der Waals surface area contributed by atoms with Crippen LogP contribution in [0.1, 0.15) is 6.42 Å². The maximum Gasteiger partial charge on any atom is 0.402 e. The highest BCUT2D eigenvalue weighted by Crippen LogP contribution is 2.32. The van der Waals surface area contributed by atoms with Gasteiger partial charge in [0.2, 0.25) is 5.91 Å². The average Bonchev–Trinajstić information content (AvgIpc) is 2.68. The Kier molecular flexibility index (Phi) is 3.89. The maximum atomic E-state index is 12.7. The number of hydrogen-bond donors (Lipinski definition) is 3. The Morgan fingerprint density at radius 1 is 1.40 bits per heavy atom. The first-order chi connectivity index (χ1) is 9.24. The summed E-state index contributed by atoms with van der Waals surface area (Å²) in [6, 6.07) is -1.01. The molecule has 0 bridgehead atoms. The topological polar surface area (TPSA) is 99.1 Å². The minimum absolute atomic E-state index is 0.128. The van der Waals surface area contributed by atoms with Crippen molar-refractivity contribution in [1.29, 1.82) is 0 Å². The maximum absolute atomic E-state index is 12.7. The van der Waals surface area contributed by atoms with Crippen molar-refractivity contribution in [3.8, 4) is 0 Å². The predicted octanol–water partition coefficient (Wildman–Crippen LogP) is -0.815. The van der Waals surface area contributed by atoms with Crippen molar-refractivity contribution in [2.75, 3.05) is 13.2 Å². The van der Waals surface area contributed by atoms with Gasteiger partial charge in [0.05, 0.1) is 12.7 Å². The van der Waals surface area contributed by atoms with Crippen LogP contribution in [-0.4, -0.2) is 64.8 Å². The summed E-state index contributed by atoms with van der Waals surface area (Å²) in [5.41, 5.74) is 0. The lowest BCUT2D eigenvalue weighted by molar-refractivity contribution is -0.192. The van der Waals surface area contributed by atoms with Crippen LogP contribution in [-0.2, 0) is 9.53 Å². The van der Waals surface area contributed by atoms with Gasteiger partial charge in [0.1, 0.15) is 12.3 Å². The molecule has 0 aromatic heterocycles. The Morgan fingerprint density at radius 2 is 2.05 bits per heavy atom. The Balaban J connectivity index is 2.12. The molecule has 3 N–H and O–H groups in total. The van der Waals surface area contributed by atoms with Crippen molar-refractivity contribution in [3.05, 3.63) is 0 Å². The Bertz CT molecular complexity index is 416. The van der Waals surface area contributed by atoms with Crippen LogP contribution in [0.2, 0.25) is 0 Å². The van der Waals surface area contributed by atoms with Crippen LogP contribution >= 0.6 is 0 Å². The molecule has 0 aromatic carbocycles. The summed E-state index contributed by atoms with van der Waals surface area (Å²) in [5, 5.41) is 20.0. The largest absolute Gasteiger partial charge is 0.402 e. The van der Waals surface area contributed by atoms with Crippen LogP contribution in [0.4, 0.5) is 18.0 Å². The quantitative estimate of drug-likeness (QED) is 0.619. The number of aliphatic hydroxyl groups is 2. The molecular formula is C10H13F3N2O5. The van der Waals surface area contributed by atoms with E-state index in [4.69, 9.17) is 9.84 Å². The molecule has 10 heteroatoms. The zero-order valence-electron chi connectivity index (χ0n) is 10.1. The van der Waals surface area contributed by atoms with Crippen molar-refractivity contribution >= 4 is 11.9 Å². The predicted molar refractivity (Wildman–Crippen MR) is 56.2 cm³/mol. The summed E-state index contributed by atoms with van der Waals surface area (Å²) >= 11 is 0. The van der Waals surface area contributed by atoms with Crippen molar-refractivity contribution in [3.63, 3.8) is 0 Å². The lowest BCUT2D eigenvalue weighted by Gasteiger charge is -2.36. The third-order valence-corrected chi connectivity index (χ3v) is 3.31. The van der Waals surface area contributed by atoms with E-state index in [-0.39, 0.29) is 6.42 Å². The number of carbonyl (C=O) groups excluding carboxylic acids is 2. The second-order valence-corrected chi connectivity index (χ2v) is 4.66. The summed E-state index contributed by atoms with van der Waals surface area (Å²) in [6.07, 6.45) is -8.07. The number of nitrogens with zero attached hydrogens (tertiary/aromatic N) is 1. The number of carbonyl (C=O) groups is 2. The SMILES string of the molecule is O=C1NC(=O)N([C@@H]2C[C@H](O)[C@@H](CO)O2)CC1C(F)(F)F. The van der Waals surface area contributed by atoms with Crippen LogP contribution in [0.25, 0.3) is 0 Å². The molecule has 0 aromatic rings. The molecule has 2 heterocycles. The van der Waals surface area contributed by atoms with E-state index in [0.717, 1.165) is 0 Å². The van der Waals surface area contributed by atoms with Gasteiger partial charge in [-0.15, -0.1) is 0 Å². The second kappa shape index (κ2) is 5.19. The van der Waals surface area contributed by atoms with Gasteiger partial charge in [-0.25, -0.2) is 4.79 Å². The molecule has 0 saturated carbocycles. The number of aliphatic hydroxyl groups excluding tert-OH is 2. The fourth-order valence-corrected chi connectivity index (χ4v) is 2.20. The normalized spacial score (nSPS) is 35.4. The number of urea groups is 1. The molecule has 7 nitrogen and oxygen atoms in total. The molecule has 20 heavy (non-hydrogen) atoms. The van der Waals surface area contributed by atoms with Crippen LogP contribution in [0.3, 0.4) is 0 Å². The first kappa shape index (κ1) is 15.0. The lowest BCUT2D eigenvalue weighted by Crippen LogP contribution is -2.60. The van der Waals surface area contributed by atoms with Crippen molar-refractivity contribution in [2.24, 2.45) is 5.92 Å². The van der Waals surface area contributed by atoms with E-state index in [9.17, 15) is 27.9 Å². The highest BCUT2D eigenvalue weighted by molar-refractivity contribution is 5.98. The highest BCUT2D eigenvalue weighted by Gasteiger charge is 2.52. The number of amides is 3. The molecule has 3 amide bonds. The number of nitrogens with one attached hydrogen (secondary N) is 1. The number of alkyl halides is 3. The summed E-state index contributed by atoms with van der Waals surface area (Å²) in [4.78, 5) is 23.5. The molecule has 2 aliphatic rings. The van der Waals surface area contributed by atoms with Gasteiger partial charge in [-0.1, -0.05) is 0 Å². The fourth-order valence-electron chi connectivity index (χ4n) is 2.20. The van der Waals surface area contributed by atoms with E-state index in [1.54, 1.807) is 5.32 Å². The molecular weight excluding hydrogens is 285 g/mol. The van der Waals surface area contributed by atoms with Gasteiger partial charge >= 0.3 is 12.2 Å². The minimum atomic E-state index is -4.78.